The molecule has 2 aliphatic rings. The molecule has 0 saturated heterocycles. The first-order valence-electron chi connectivity index (χ1n) is 16.6. The van der Waals surface area contributed by atoms with Gasteiger partial charge < -0.3 is 23.9 Å². The van der Waals surface area contributed by atoms with E-state index in [-0.39, 0.29) is 49.1 Å². The molecular weight excluding hydrogens is 646 g/mol. The van der Waals surface area contributed by atoms with Gasteiger partial charge in [-0.15, -0.1) is 0 Å². The van der Waals surface area contributed by atoms with Crippen molar-refractivity contribution in [1.82, 2.24) is 29.5 Å². The summed E-state index contributed by atoms with van der Waals surface area (Å²) in [4.78, 5) is 26.6. The second-order valence-corrected chi connectivity index (χ2v) is 12.6. The SMILES string of the molecule is C=CC(=O)N1C[C@H](C)n2nc(-c3nc(-c4cnc5c(c4)CN(CCO)CC5)c4occc4c3-c3c(F)cc(F)cc3OCCOC)cc2[C@H]1C. The average Bonchev–Trinajstić information content (AvgIpc) is 3.78. The van der Waals surface area contributed by atoms with Crippen LogP contribution in [0.3, 0.4) is 0 Å². The van der Waals surface area contributed by atoms with Gasteiger partial charge in [0.1, 0.15) is 41.1 Å². The molecule has 0 unspecified atom stereocenters. The lowest BCUT2D eigenvalue weighted by Gasteiger charge is -2.36. The van der Waals surface area contributed by atoms with Gasteiger partial charge in [0.15, 0.2) is 5.58 Å². The molecule has 4 aromatic heterocycles. The van der Waals surface area contributed by atoms with Crippen LogP contribution in [0.2, 0.25) is 0 Å². The Balaban J connectivity index is 1.47. The third-order valence-corrected chi connectivity index (χ3v) is 9.47. The first-order chi connectivity index (χ1) is 24.2. The Morgan fingerprint density at radius 3 is 2.78 bits per heavy atom. The Morgan fingerprint density at radius 1 is 1.16 bits per heavy atom. The first-order valence-corrected chi connectivity index (χ1v) is 16.6. The van der Waals surface area contributed by atoms with E-state index in [9.17, 15) is 14.3 Å². The standard InChI is InChI=1S/C37H38F2N6O5/c1-5-32(47)44-19-21(2)45-30(22(44)3)17-29(42-45)36-33(34-27(39)15-25(38)16-31(34)49-13-12-48-4)26-7-11-50-37(26)35(41-36)23-14-24-20-43(9-10-46)8-6-28(24)40-18-23/h5,7,11,14-18,21-22,46H,1,6,8-10,12-13,19-20H2,2-4H3/t21-,22+/m0/s1. The highest BCUT2D eigenvalue weighted by molar-refractivity contribution is 6.06. The number of nitrogens with zero attached hydrogens (tertiary/aromatic N) is 6. The fourth-order valence-corrected chi connectivity index (χ4v) is 7.02. The number of amides is 1. The molecule has 1 aromatic carbocycles. The Morgan fingerprint density at radius 2 is 2.00 bits per heavy atom. The van der Waals surface area contributed by atoms with Crippen LogP contribution in [0.5, 0.6) is 5.75 Å². The van der Waals surface area contributed by atoms with Crippen molar-refractivity contribution in [3.05, 3.63) is 84.0 Å². The molecule has 1 N–H and O–H groups in total. The van der Waals surface area contributed by atoms with E-state index in [1.165, 1.54) is 19.4 Å². The van der Waals surface area contributed by atoms with Gasteiger partial charge in [0.2, 0.25) is 5.91 Å². The van der Waals surface area contributed by atoms with Gasteiger partial charge in [-0.2, -0.15) is 5.10 Å². The van der Waals surface area contributed by atoms with Crippen LogP contribution in [-0.2, 0) is 22.5 Å². The van der Waals surface area contributed by atoms with Crippen LogP contribution in [0.25, 0.3) is 44.7 Å². The summed E-state index contributed by atoms with van der Waals surface area (Å²) >= 11 is 0. The van der Waals surface area contributed by atoms with Crippen LogP contribution < -0.4 is 4.74 Å². The van der Waals surface area contributed by atoms with Crippen LogP contribution in [0, 0.1) is 11.6 Å². The van der Waals surface area contributed by atoms with Gasteiger partial charge in [-0.05, 0) is 43.7 Å². The first kappa shape index (κ1) is 33.5. The predicted octanol–water partition coefficient (Wildman–Crippen LogP) is 5.72. The van der Waals surface area contributed by atoms with Crippen molar-refractivity contribution in [3.8, 4) is 39.5 Å². The highest BCUT2D eigenvalue weighted by Crippen LogP contribution is 2.46. The van der Waals surface area contributed by atoms with Crippen LogP contribution in [-0.4, -0.2) is 87.1 Å². The molecule has 260 valence electrons. The number of carbonyl (C=O) groups excluding carboxylic acids is 1. The zero-order chi connectivity index (χ0) is 35.1. The minimum absolute atomic E-state index is 0.00157. The number of benzene rings is 1. The van der Waals surface area contributed by atoms with Gasteiger partial charge in [0, 0.05) is 80.2 Å². The monoisotopic (exact) mass is 684 g/mol. The van der Waals surface area contributed by atoms with Gasteiger partial charge in [0.25, 0.3) is 0 Å². The minimum atomic E-state index is -0.844. The maximum Gasteiger partial charge on any atom is 0.246 e. The van der Waals surface area contributed by atoms with E-state index < -0.39 is 11.6 Å². The Kier molecular flexibility index (Phi) is 9.21. The predicted molar refractivity (Wildman–Crippen MR) is 182 cm³/mol. The number of β-amino-alcohol motifs (C(OH)–C–C–N with tert-alkyl or cyclic N) is 1. The summed E-state index contributed by atoms with van der Waals surface area (Å²) in [6, 6.07) is 7.05. The summed E-state index contributed by atoms with van der Waals surface area (Å²) in [5.74, 6) is -1.85. The molecule has 2 atom stereocenters. The highest BCUT2D eigenvalue weighted by Gasteiger charge is 2.34. The molecule has 0 spiro atoms. The lowest BCUT2D eigenvalue weighted by Crippen LogP contribution is -2.42. The van der Waals surface area contributed by atoms with E-state index in [1.54, 1.807) is 17.2 Å². The summed E-state index contributed by atoms with van der Waals surface area (Å²) in [5.41, 5.74) is 5.37. The number of aliphatic hydroxyl groups is 1. The highest BCUT2D eigenvalue weighted by atomic mass is 19.1. The Bertz CT molecular complexity index is 2090. The van der Waals surface area contributed by atoms with E-state index in [1.807, 2.05) is 30.7 Å². The molecule has 0 aliphatic carbocycles. The third kappa shape index (κ3) is 5.95. The van der Waals surface area contributed by atoms with Crippen molar-refractivity contribution in [2.75, 3.05) is 46.6 Å². The fourth-order valence-electron chi connectivity index (χ4n) is 7.02. The number of aromatic nitrogens is 4. The van der Waals surface area contributed by atoms with E-state index in [4.69, 9.17) is 29.0 Å². The molecule has 50 heavy (non-hydrogen) atoms. The number of rotatable bonds is 10. The summed E-state index contributed by atoms with van der Waals surface area (Å²) in [5, 5.41) is 15.1. The molecule has 2 aliphatic heterocycles. The van der Waals surface area contributed by atoms with Gasteiger partial charge in [-0.25, -0.2) is 13.8 Å². The number of halogens is 2. The number of ether oxygens (including phenoxy) is 2. The quantitative estimate of drug-likeness (QED) is 0.146. The number of carbonyl (C=O) groups is 1. The fraction of sp³-hybridized carbons (Fsp3) is 0.351. The van der Waals surface area contributed by atoms with Gasteiger partial charge in [-0.3, -0.25) is 19.4 Å². The minimum Gasteiger partial charge on any atom is -0.490 e. The van der Waals surface area contributed by atoms with E-state index >= 15 is 4.39 Å². The number of fused-ring (bicyclic) bond motifs is 3. The van der Waals surface area contributed by atoms with Crippen molar-refractivity contribution in [1.29, 1.82) is 0 Å². The molecule has 7 rings (SSSR count). The smallest absolute Gasteiger partial charge is 0.246 e. The second-order valence-electron chi connectivity index (χ2n) is 12.6. The lowest BCUT2D eigenvalue weighted by atomic mass is 9.94. The molecule has 0 saturated carbocycles. The number of aliphatic hydroxyl groups excluding tert-OH is 1. The maximum absolute atomic E-state index is 16.2. The zero-order valence-corrected chi connectivity index (χ0v) is 28.2. The van der Waals surface area contributed by atoms with Gasteiger partial charge >= 0.3 is 0 Å². The summed E-state index contributed by atoms with van der Waals surface area (Å²) in [6.07, 6.45) is 5.31. The normalized spacial score (nSPS) is 17.5. The van der Waals surface area contributed by atoms with Crippen LogP contribution in [0.4, 0.5) is 8.78 Å². The second kappa shape index (κ2) is 13.7. The number of methoxy groups -OCH3 is 1. The van der Waals surface area contributed by atoms with Crippen LogP contribution >= 0.6 is 0 Å². The third-order valence-electron chi connectivity index (χ3n) is 9.47. The van der Waals surface area contributed by atoms with Crippen LogP contribution in [0.15, 0.2) is 59.9 Å². The number of pyridine rings is 2. The summed E-state index contributed by atoms with van der Waals surface area (Å²) < 4.78 is 49.8. The number of furan rings is 1. The van der Waals surface area contributed by atoms with E-state index in [2.05, 4.69) is 11.5 Å². The zero-order valence-electron chi connectivity index (χ0n) is 28.2. The van der Waals surface area contributed by atoms with Crippen molar-refractivity contribution in [2.45, 2.75) is 38.9 Å². The molecule has 0 radical (unpaired) electrons. The molecular formula is C37H38F2N6O5. The van der Waals surface area contributed by atoms with Gasteiger partial charge in [0.05, 0.1) is 42.8 Å². The Hall–Kier alpha value is -4.98. The number of hydrogen-bond donors (Lipinski definition) is 1. The van der Waals surface area contributed by atoms with E-state index in [0.29, 0.717) is 58.8 Å². The van der Waals surface area contributed by atoms with Crippen molar-refractivity contribution in [2.24, 2.45) is 0 Å². The average molecular weight is 685 g/mol. The molecule has 5 aromatic rings. The van der Waals surface area contributed by atoms with E-state index in [0.717, 1.165) is 42.0 Å². The molecule has 1 amide bonds. The lowest BCUT2D eigenvalue weighted by molar-refractivity contribution is -0.129. The van der Waals surface area contributed by atoms with Crippen molar-refractivity contribution in [3.63, 3.8) is 0 Å². The molecule has 0 fully saturated rings. The molecule has 6 heterocycles. The summed E-state index contributed by atoms with van der Waals surface area (Å²) in [6.45, 7) is 10.3. The van der Waals surface area contributed by atoms with Crippen molar-refractivity contribution < 1.29 is 32.6 Å². The molecule has 13 heteroatoms. The number of hydrogen-bond acceptors (Lipinski definition) is 9. The topological polar surface area (TPSA) is 119 Å². The Labute approximate surface area is 287 Å². The van der Waals surface area contributed by atoms with Crippen LogP contribution in [0.1, 0.15) is 42.9 Å². The largest absolute Gasteiger partial charge is 0.490 e. The molecule has 0 bridgehead atoms. The van der Waals surface area contributed by atoms with Crippen molar-refractivity contribution >= 4 is 16.9 Å². The van der Waals surface area contributed by atoms with Gasteiger partial charge in [-0.1, -0.05) is 6.58 Å². The summed E-state index contributed by atoms with van der Waals surface area (Å²) in [7, 11) is 1.51. The molecule has 11 nitrogen and oxygen atoms in total. The maximum atomic E-state index is 16.2.